The van der Waals surface area contributed by atoms with Gasteiger partial charge in [-0.2, -0.15) is 0 Å². The highest BCUT2D eigenvalue weighted by atomic mass is 19.3. The molecule has 0 aliphatic heterocycles. The molecular formula is C13H18F2N2O3. The number of nitro benzene ring substituents is 1. The van der Waals surface area contributed by atoms with Gasteiger partial charge in [-0.1, -0.05) is 13.8 Å². The Morgan fingerprint density at radius 3 is 2.60 bits per heavy atom. The van der Waals surface area contributed by atoms with E-state index in [1.165, 1.54) is 12.1 Å². The van der Waals surface area contributed by atoms with Gasteiger partial charge in [0.05, 0.1) is 4.92 Å². The second-order valence-corrected chi connectivity index (χ2v) is 5.32. The third kappa shape index (κ3) is 4.41. The third-order valence-corrected chi connectivity index (χ3v) is 3.03. The van der Waals surface area contributed by atoms with Gasteiger partial charge in [0.2, 0.25) is 0 Å². The largest absolute Gasteiger partial charge is 0.396 e. The molecule has 7 heteroatoms. The number of aliphatic hydroxyl groups is 1. The lowest BCUT2D eigenvalue weighted by molar-refractivity contribution is -0.385. The zero-order chi connectivity index (χ0) is 15.3. The number of halogens is 2. The number of nitrogens with zero attached hydrogens (tertiary/aromatic N) is 1. The van der Waals surface area contributed by atoms with Crippen LogP contribution in [0.15, 0.2) is 18.2 Å². The fourth-order valence-electron chi connectivity index (χ4n) is 1.73. The van der Waals surface area contributed by atoms with Crippen molar-refractivity contribution < 1.29 is 18.8 Å². The van der Waals surface area contributed by atoms with Crippen molar-refractivity contribution in [3.8, 4) is 0 Å². The average molecular weight is 288 g/mol. The monoisotopic (exact) mass is 288 g/mol. The molecule has 1 rings (SSSR count). The highest BCUT2D eigenvalue weighted by Crippen LogP contribution is 2.31. The molecule has 0 aliphatic rings. The molecule has 0 bridgehead atoms. The summed E-state index contributed by atoms with van der Waals surface area (Å²) in [5.74, 6) is 0. The predicted octanol–water partition coefficient (Wildman–Crippen LogP) is 3.35. The minimum absolute atomic E-state index is 0.0106. The Balaban J connectivity index is 2.92. The van der Waals surface area contributed by atoms with E-state index in [1.807, 2.05) is 13.8 Å². The van der Waals surface area contributed by atoms with Gasteiger partial charge in [0.15, 0.2) is 0 Å². The third-order valence-electron chi connectivity index (χ3n) is 3.03. The minimum atomic E-state index is -2.79. The van der Waals surface area contributed by atoms with E-state index in [0.29, 0.717) is 13.0 Å². The van der Waals surface area contributed by atoms with E-state index in [0.717, 1.165) is 6.07 Å². The van der Waals surface area contributed by atoms with Crippen molar-refractivity contribution in [3.05, 3.63) is 33.9 Å². The van der Waals surface area contributed by atoms with Crippen LogP contribution >= 0.6 is 0 Å². The lowest BCUT2D eigenvalue weighted by atomic mass is 9.89. The summed E-state index contributed by atoms with van der Waals surface area (Å²) in [5, 5.41) is 22.4. The van der Waals surface area contributed by atoms with Gasteiger partial charge in [-0.15, -0.1) is 0 Å². The number of alkyl halides is 2. The number of nitrogens with one attached hydrogen (secondary N) is 1. The number of rotatable bonds is 7. The molecule has 0 amide bonds. The van der Waals surface area contributed by atoms with Crippen molar-refractivity contribution in [2.24, 2.45) is 5.41 Å². The molecule has 0 unspecified atom stereocenters. The quantitative estimate of drug-likeness (QED) is 0.596. The highest BCUT2D eigenvalue weighted by Gasteiger charge is 2.21. The maximum atomic E-state index is 12.9. The zero-order valence-electron chi connectivity index (χ0n) is 11.4. The summed E-state index contributed by atoms with van der Waals surface area (Å²) in [5.41, 5.74) is -0.841. The second kappa shape index (κ2) is 6.60. The number of non-ortho nitro benzene ring substituents is 1. The van der Waals surface area contributed by atoms with Crippen molar-refractivity contribution in [2.45, 2.75) is 26.7 Å². The smallest absolute Gasteiger partial charge is 0.270 e. The summed E-state index contributed by atoms with van der Waals surface area (Å²) in [6.07, 6.45) is -2.27. The number of anilines is 1. The van der Waals surface area contributed by atoms with Gasteiger partial charge in [-0.3, -0.25) is 10.1 Å². The van der Waals surface area contributed by atoms with Crippen LogP contribution in [0.4, 0.5) is 20.2 Å². The number of hydrogen-bond acceptors (Lipinski definition) is 4. The van der Waals surface area contributed by atoms with E-state index >= 15 is 0 Å². The van der Waals surface area contributed by atoms with Crippen molar-refractivity contribution in [3.63, 3.8) is 0 Å². The van der Waals surface area contributed by atoms with E-state index in [1.54, 1.807) is 0 Å². The van der Waals surface area contributed by atoms with Crippen LogP contribution in [0.1, 0.15) is 32.3 Å². The molecule has 0 aliphatic carbocycles. The van der Waals surface area contributed by atoms with Crippen LogP contribution in [-0.2, 0) is 0 Å². The molecule has 1 aromatic carbocycles. The Bertz CT molecular complexity index is 479. The molecule has 2 N–H and O–H groups in total. The summed E-state index contributed by atoms with van der Waals surface area (Å²) in [6, 6.07) is 3.36. The Hall–Kier alpha value is -1.76. The lowest BCUT2D eigenvalue weighted by Gasteiger charge is -2.25. The molecule has 0 saturated heterocycles. The van der Waals surface area contributed by atoms with Crippen LogP contribution in [0.5, 0.6) is 0 Å². The predicted molar refractivity (Wildman–Crippen MR) is 72.0 cm³/mol. The SMILES string of the molecule is CC(C)(CCO)CNc1ccc([N+](=O)[O-])cc1C(F)F. The second-order valence-electron chi connectivity index (χ2n) is 5.32. The molecule has 1 aromatic rings. The Morgan fingerprint density at radius 1 is 1.45 bits per heavy atom. The molecular weight excluding hydrogens is 270 g/mol. The average Bonchev–Trinajstić information content (AvgIpc) is 2.36. The highest BCUT2D eigenvalue weighted by molar-refractivity contribution is 5.56. The first kappa shape index (κ1) is 16.3. The van der Waals surface area contributed by atoms with Gasteiger partial charge in [-0.25, -0.2) is 8.78 Å². The fourth-order valence-corrected chi connectivity index (χ4v) is 1.73. The number of nitro groups is 1. The van der Waals surface area contributed by atoms with Crippen molar-refractivity contribution in [1.82, 2.24) is 0 Å². The number of aliphatic hydroxyl groups excluding tert-OH is 1. The summed E-state index contributed by atoms with van der Waals surface area (Å²) < 4.78 is 25.9. The van der Waals surface area contributed by atoms with Gasteiger partial charge in [0.1, 0.15) is 0 Å². The topological polar surface area (TPSA) is 75.4 Å². The van der Waals surface area contributed by atoms with Gasteiger partial charge >= 0.3 is 0 Å². The summed E-state index contributed by atoms with van der Waals surface area (Å²) in [4.78, 5) is 9.90. The van der Waals surface area contributed by atoms with Crippen LogP contribution in [0.2, 0.25) is 0 Å². The fraction of sp³-hybridized carbons (Fsp3) is 0.538. The summed E-state index contributed by atoms with van der Waals surface area (Å²) >= 11 is 0. The molecule has 5 nitrogen and oxygen atoms in total. The lowest BCUT2D eigenvalue weighted by Crippen LogP contribution is -2.24. The van der Waals surface area contributed by atoms with Crippen molar-refractivity contribution in [1.29, 1.82) is 0 Å². The van der Waals surface area contributed by atoms with Crippen LogP contribution < -0.4 is 5.32 Å². The summed E-state index contributed by atoms with van der Waals surface area (Å²) in [7, 11) is 0. The van der Waals surface area contributed by atoms with Crippen molar-refractivity contribution in [2.75, 3.05) is 18.5 Å². The van der Waals surface area contributed by atoms with Crippen LogP contribution in [0, 0.1) is 15.5 Å². The molecule has 0 atom stereocenters. The molecule has 20 heavy (non-hydrogen) atoms. The van der Waals surface area contributed by atoms with E-state index < -0.39 is 11.3 Å². The standard InChI is InChI=1S/C13H18F2N2O3/c1-13(2,5-6-18)8-16-11-4-3-9(17(19)20)7-10(11)12(14)15/h3-4,7,12,16,18H,5-6,8H2,1-2H3. The number of benzene rings is 1. The maximum absolute atomic E-state index is 12.9. The molecule has 0 radical (unpaired) electrons. The summed E-state index contributed by atoms with van der Waals surface area (Å²) in [6.45, 7) is 4.18. The van der Waals surface area contributed by atoms with Crippen LogP contribution in [0.3, 0.4) is 0 Å². The van der Waals surface area contributed by atoms with Gasteiger partial charge in [-0.05, 0) is 17.9 Å². The van der Waals surface area contributed by atoms with Gasteiger partial charge < -0.3 is 10.4 Å². The Labute approximate surface area is 115 Å². The Morgan fingerprint density at radius 2 is 2.10 bits per heavy atom. The first-order valence-corrected chi connectivity index (χ1v) is 6.18. The van der Waals surface area contributed by atoms with E-state index in [2.05, 4.69) is 5.32 Å². The van der Waals surface area contributed by atoms with Crippen molar-refractivity contribution >= 4 is 11.4 Å². The first-order chi connectivity index (χ1) is 9.26. The molecule has 0 saturated carbocycles. The first-order valence-electron chi connectivity index (χ1n) is 6.18. The zero-order valence-corrected chi connectivity index (χ0v) is 11.4. The van der Waals surface area contributed by atoms with E-state index in [4.69, 9.17) is 5.11 Å². The molecule has 0 aromatic heterocycles. The molecule has 0 heterocycles. The maximum Gasteiger partial charge on any atom is 0.270 e. The normalized spacial score (nSPS) is 11.7. The minimum Gasteiger partial charge on any atom is -0.396 e. The van der Waals surface area contributed by atoms with Gasteiger partial charge in [0, 0.05) is 36.5 Å². The Kier molecular flexibility index (Phi) is 5.38. The molecule has 0 spiro atoms. The van der Waals surface area contributed by atoms with E-state index in [-0.39, 0.29) is 29.0 Å². The van der Waals surface area contributed by atoms with Crippen LogP contribution in [-0.4, -0.2) is 23.2 Å². The number of hydrogen-bond donors (Lipinski definition) is 2. The molecule has 0 fully saturated rings. The van der Waals surface area contributed by atoms with Gasteiger partial charge in [0.25, 0.3) is 12.1 Å². The van der Waals surface area contributed by atoms with E-state index in [9.17, 15) is 18.9 Å². The molecule has 112 valence electrons. The van der Waals surface area contributed by atoms with Crippen LogP contribution in [0.25, 0.3) is 0 Å².